The second kappa shape index (κ2) is 3.58. The zero-order valence-corrected chi connectivity index (χ0v) is 8.59. The number of methoxy groups -OCH3 is 1. The first-order valence-corrected chi connectivity index (χ1v) is 5.59. The fraction of sp³-hybridized carbons (Fsp3) is 1.00. The van der Waals surface area contributed by atoms with Crippen LogP contribution in [-0.4, -0.2) is 18.8 Å². The first kappa shape index (κ1) is 9.47. The predicted molar refractivity (Wildman–Crippen MR) is 53.5 cm³/mol. The number of hydrogen-bond donors (Lipinski definition) is 1. The highest BCUT2D eigenvalue weighted by Gasteiger charge is 2.45. The molecule has 0 radical (unpaired) electrons. The van der Waals surface area contributed by atoms with Crippen molar-refractivity contribution in [3.63, 3.8) is 0 Å². The lowest BCUT2D eigenvalue weighted by Crippen LogP contribution is -2.52. The van der Waals surface area contributed by atoms with Crippen molar-refractivity contribution in [2.75, 3.05) is 7.11 Å². The van der Waals surface area contributed by atoms with Crippen LogP contribution in [0.1, 0.15) is 44.9 Å². The third-order valence-electron chi connectivity index (χ3n) is 3.84. The normalized spacial score (nSPS) is 30.0. The minimum Gasteiger partial charge on any atom is -0.377 e. The molecule has 0 aromatic rings. The second-order valence-corrected chi connectivity index (χ2v) is 4.69. The molecular formula is C11H21NO. The van der Waals surface area contributed by atoms with Gasteiger partial charge in [-0.05, 0) is 31.6 Å². The van der Waals surface area contributed by atoms with Gasteiger partial charge in [-0.2, -0.15) is 0 Å². The summed E-state index contributed by atoms with van der Waals surface area (Å²) in [5.74, 6) is 0.762. The van der Waals surface area contributed by atoms with Crippen molar-refractivity contribution in [3.8, 4) is 0 Å². The first-order chi connectivity index (χ1) is 6.28. The molecule has 76 valence electrons. The first-order valence-electron chi connectivity index (χ1n) is 5.59. The van der Waals surface area contributed by atoms with Gasteiger partial charge in [0, 0.05) is 13.2 Å². The molecule has 2 N–H and O–H groups in total. The Kier molecular flexibility index (Phi) is 2.61. The maximum absolute atomic E-state index is 6.27. The summed E-state index contributed by atoms with van der Waals surface area (Å²) in [6.45, 7) is 0. The van der Waals surface area contributed by atoms with E-state index in [0.717, 1.165) is 5.92 Å². The van der Waals surface area contributed by atoms with Crippen molar-refractivity contribution in [2.45, 2.75) is 56.6 Å². The van der Waals surface area contributed by atoms with Gasteiger partial charge in [0.2, 0.25) is 0 Å². The van der Waals surface area contributed by atoms with Crippen LogP contribution in [0.5, 0.6) is 0 Å². The zero-order chi connectivity index (χ0) is 9.31. The Morgan fingerprint density at radius 2 is 1.85 bits per heavy atom. The summed E-state index contributed by atoms with van der Waals surface area (Å²) in [5.41, 5.74) is 6.32. The minimum atomic E-state index is 0.0411. The summed E-state index contributed by atoms with van der Waals surface area (Å²) in [7, 11) is 1.84. The van der Waals surface area contributed by atoms with Crippen molar-refractivity contribution in [1.29, 1.82) is 0 Å². The van der Waals surface area contributed by atoms with Gasteiger partial charge in [0.15, 0.2) is 0 Å². The quantitative estimate of drug-likeness (QED) is 0.727. The molecular weight excluding hydrogens is 162 g/mol. The van der Waals surface area contributed by atoms with Gasteiger partial charge in [-0.25, -0.2) is 0 Å². The largest absolute Gasteiger partial charge is 0.377 e. The molecule has 2 rings (SSSR count). The van der Waals surface area contributed by atoms with Crippen LogP contribution in [0.25, 0.3) is 0 Å². The summed E-state index contributed by atoms with van der Waals surface area (Å²) < 4.78 is 5.72. The molecule has 0 bridgehead atoms. The van der Waals surface area contributed by atoms with E-state index in [2.05, 4.69) is 0 Å². The van der Waals surface area contributed by atoms with Crippen molar-refractivity contribution >= 4 is 0 Å². The Balaban J connectivity index is 2.02. The van der Waals surface area contributed by atoms with Gasteiger partial charge in [-0.1, -0.05) is 19.3 Å². The lowest BCUT2D eigenvalue weighted by atomic mass is 9.78. The maximum atomic E-state index is 6.27. The Morgan fingerprint density at radius 1 is 1.23 bits per heavy atom. The van der Waals surface area contributed by atoms with E-state index in [1.807, 2.05) is 7.11 Å². The lowest BCUT2D eigenvalue weighted by Gasteiger charge is -2.41. The summed E-state index contributed by atoms with van der Waals surface area (Å²) in [4.78, 5) is 0. The van der Waals surface area contributed by atoms with Crippen LogP contribution in [0.4, 0.5) is 0 Å². The molecule has 0 amide bonds. The Labute approximate surface area is 80.8 Å². The van der Waals surface area contributed by atoms with Gasteiger partial charge in [0.05, 0.1) is 5.60 Å². The zero-order valence-electron chi connectivity index (χ0n) is 8.59. The lowest BCUT2D eigenvalue weighted by molar-refractivity contribution is -0.0632. The van der Waals surface area contributed by atoms with E-state index in [1.165, 1.54) is 44.9 Å². The number of hydrogen-bond acceptors (Lipinski definition) is 2. The van der Waals surface area contributed by atoms with E-state index in [0.29, 0.717) is 6.04 Å². The van der Waals surface area contributed by atoms with Gasteiger partial charge in [0.25, 0.3) is 0 Å². The molecule has 1 unspecified atom stereocenters. The van der Waals surface area contributed by atoms with E-state index >= 15 is 0 Å². The highest BCUT2D eigenvalue weighted by Crippen LogP contribution is 2.43. The molecule has 2 fully saturated rings. The van der Waals surface area contributed by atoms with Crippen LogP contribution < -0.4 is 5.73 Å². The van der Waals surface area contributed by atoms with Crippen LogP contribution in [-0.2, 0) is 4.74 Å². The average Bonchev–Trinajstić information content (AvgIpc) is 3.01. The van der Waals surface area contributed by atoms with Crippen molar-refractivity contribution < 1.29 is 4.74 Å². The minimum absolute atomic E-state index is 0.0411. The molecule has 13 heavy (non-hydrogen) atoms. The summed E-state index contributed by atoms with van der Waals surface area (Å²) in [5, 5.41) is 0. The van der Waals surface area contributed by atoms with E-state index in [1.54, 1.807) is 0 Å². The molecule has 0 aromatic carbocycles. The SMILES string of the molecule is COC1(C(N)C2CC2)CCCCC1. The summed E-state index contributed by atoms with van der Waals surface area (Å²) in [6.07, 6.45) is 8.98. The molecule has 0 saturated heterocycles. The van der Waals surface area contributed by atoms with Gasteiger partial charge in [-0.3, -0.25) is 0 Å². The highest BCUT2D eigenvalue weighted by molar-refractivity contribution is 5.00. The van der Waals surface area contributed by atoms with E-state index in [9.17, 15) is 0 Å². The van der Waals surface area contributed by atoms with E-state index in [-0.39, 0.29) is 5.60 Å². The van der Waals surface area contributed by atoms with Crippen LogP contribution in [0.3, 0.4) is 0 Å². The van der Waals surface area contributed by atoms with Crippen LogP contribution in [0.2, 0.25) is 0 Å². The number of ether oxygens (including phenoxy) is 1. The van der Waals surface area contributed by atoms with Crippen molar-refractivity contribution in [2.24, 2.45) is 11.7 Å². The standard InChI is InChI=1S/C11H21NO/c1-13-11(7-3-2-4-8-11)10(12)9-5-6-9/h9-10H,2-8,12H2,1H3. The van der Waals surface area contributed by atoms with Crippen molar-refractivity contribution in [3.05, 3.63) is 0 Å². The second-order valence-electron chi connectivity index (χ2n) is 4.69. The monoisotopic (exact) mass is 183 g/mol. The van der Waals surface area contributed by atoms with Gasteiger partial charge < -0.3 is 10.5 Å². The Bertz CT molecular complexity index is 171. The fourth-order valence-electron chi connectivity index (χ4n) is 2.71. The molecule has 2 nitrogen and oxygen atoms in total. The Morgan fingerprint density at radius 3 is 2.31 bits per heavy atom. The smallest absolute Gasteiger partial charge is 0.0831 e. The molecule has 1 atom stereocenters. The molecule has 0 spiro atoms. The van der Waals surface area contributed by atoms with Crippen molar-refractivity contribution in [1.82, 2.24) is 0 Å². The molecule has 2 heteroatoms. The molecule has 2 aliphatic carbocycles. The number of rotatable bonds is 3. The van der Waals surface area contributed by atoms with Gasteiger partial charge in [-0.15, -0.1) is 0 Å². The maximum Gasteiger partial charge on any atom is 0.0831 e. The number of nitrogens with two attached hydrogens (primary N) is 1. The predicted octanol–water partition coefficient (Wildman–Crippen LogP) is 2.07. The molecule has 2 aliphatic rings. The topological polar surface area (TPSA) is 35.2 Å². The van der Waals surface area contributed by atoms with Gasteiger partial charge in [0.1, 0.15) is 0 Å². The van der Waals surface area contributed by atoms with Crippen LogP contribution in [0.15, 0.2) is 0 Å². The average molecular weight is 183 g/mol. The van der Waals surface area contributed by atoms with E-state index in [4.69, 9.17) is 10.5 Å². The molecule has 0 aromatic heterocycles. The summed E-state index contributed by atoms with van der Waals surface area (Å²) >= 11 is 0. The van der Waals surface area contributed by atoms with Crippen LogP contribution >= 0.6 is 0 Å². The highest BCUT2D eigenvalue weighted by atomic mass is 16.5. The van der Waals surface area contributed by atoms with Gasteiger partial charge >= 0.3 is 0 Å². The molecule has 2 saturated carbocycles. The Hall–Kier alpha value is -0.0800. The molecule has 0 heterocycles. The third kappa shape index (κ3) is 1.75. The summed E-state index contributed by atoms with van der Waals surface area (Å²) in [6, 6.07) is 0.304. The van der Waals surface area contributed by atoms with E-state index < -0.39 is 0 Å². The fourth-order valence-corrected chi connectivity index (χ4v) is 2.71. The van der Waals surface area contributed by atoms with Crippen LogP contribution in [0, 0.1) is 5.92 Å². The third-order valence-corrected chi connectivity index (χ3v) is 3.84. The molecule has 0 aliphatic heterocycles.